The molecule has 3 heterocycles. The van der Waals surface area contributed by atoms with Crippen LogP contribution in [0.15, 0.2) is 4.79 Å². The molecule has 2 N–H and O–H groups in total. The van der Waals surface area contributed by atoms with E-state index in [1.54, 1.807) is 11.3 Å². The van der Waals surface area contributed by atoms with Crippen LogP contribution in [0.3, 0.4) is 0 Å². The third kappa shape index (κ3) is 3.23. The zero-order valence-corrected chi connectivity index (χ0v) is 16.6. The number of aryl methyl sites for hydroxylation is 1. The van der Waals surface area contributed by atoms with Crippen LogP contribution in [0.5, 0.6) is 0 Å². The number of nitrogens with one attached hydrogen (secondary N) is 1. The van der Waals surface area contributed by atoms with Crippen LogP contribution in [0.4, 0.5) is 0 Å². The molecule has 2 aromatic heterocycles. The Morgan fingerprint density at radius 1 is 1.38 bits per heavy atom. The number of piperidine rings is 1. The smallest absolute Gasteiger partial charge is 0.259 e. The Bertz CT molecular complexity index is 841. The number of aliphatic hydroxyl groups is 1. The summed E-state index contributed by atoms with van der Waals surface area (Å²) in [4.78, 5) is 25.5. The molecule has 1 fully saturated rings. The number of thiophene rings is 1. The van der Waals surface area contributed by atoms with E-state index >= 15 is 0 Å². The lowest BCUT2D eigenvalue weighted by molar-refractivity contribution is 0.0790. The highest BCUT2D eigenvalue weighted by atomic mass is 32.1. The van der Waals surface area contributed by atoms with Gasteiger partial charge in [-0.3, -0.25) is 9.69 Å². The van der Waals surface area contributed by atoms with E-state index in [-0.39, 0.29) is 18.2 Å². The number of rotatable bonds is 4. The first kappa shape index (κ1) is 18.1. The third-order valence-electron chi connectivity index (χ3n) is 6.21. The van der Waals surface area contributed by atoms with Crippen LogP contribution in [-0.4, -0.2) is 39.2 Å². The molecule has 0 amide bonds. The summed E-state index contributed by atoms with van der Waals surface area (Å²) in [6.45, 7) is 5.64. The molecule has 1 saturated heterocycles. The minimum Gasteiger partial charge on any atom is -0.396 e. The quantitative estimate of drug-likeness (QED) is 0.859. The van der Waals surface area contributed by atoms with Gasteiger partial charge in [0.2, 0.25) is 0 Å². The first-order chi connectivity index (χ1) is 12.6. The fraction of sp³-hybridized carbons (Fsp3) is 0.700. The van der Waals surface area contributed by atoms with E-state index in [0.29, 0.717) is 12.0 Å². The number of aromatic nitrogens is 2. The van der Waals surface area contributed by atoms with Crippen LogP contribution < -0.4 is 5.56 Å². The van der Waals surface area contributed by atoms with Crippen molar-refractivity contribution in [2.24, 2.45) is 5.92 Å². The predicted octanol–water partition coefficient (Wildman–Crippen LogP) is 3.41. The van der Waals surface area contributed by atoms with Gasteiger partial charge in [-0.15, -0.1) is 11.3 Å². The molecule has 2 aliphatic rings. The lowest BCUT2D eigenvalue weighted by Gasteiger charge is -2.39. The average molecular weight is 376 g/mol. The molecule has 1 aliphatic carbocycles. The summed E-state index contributed by atoms with van der Waals surface area (Å²) in [6.07, 6.45) is 7.53. The van der Waals surface area contributed by atoms with Crippen LogP contribution >= 0.6 is 11.3 Å². The second-order valence-corrected chi connectivity index (χ2v) is 9.14. The SMILES string of the molecule is CC1CCc2c(sc3nc(C(C)N4CCCCC4CCO)[nH]c(=O)c23)C1. The molecule has 4 rings (SSSR count). The summed E-state index contributed by atoms with van der Waals surface area (Å²) < 4.78 is 0. The van der Waals surface area contributed by atoms with E-state index in [4.69, 9.17) is 4.98 Å². The van der Waals surface area contributed by atoms with Crippen molar-refractivity contribution >= 4 is 21.6 Å². The van der Waals surface area contributed by atoms with Crippen molar-refractivity contribution in [1.29, 1.82) is 0 Å². The highest BCUT2D eigenvalue weighted by molar-refractivity contribution is 7.18. The standard InChI is InChI=1S/C20H29N3O2S/c1-12-6-7-15-16(11-12)26-20-17(15)19(25)21-18(22-20)13(2)23-9-4-3-5-14(23)8-10-24/h12-14,24H,3-11H2,1-2H3,(H,21,22,25). The summed E-state index contributed by atoms with van der Waals surface area (Å²) in [7, 11) is 0. The molecular weight excluding hydrogens is 346 g/mol. The molecule has 3 unspecified atom stereocenters. The minimum absolute atomic E-state index is 0.0274. The Hall–Kier alpha value is -1.24. The molecule has 2 aromatic rings. The monoisotopic (exact) mass is 375 g/mol. The predicted molar refractivity (Wildman–Crippen MR) is 106 cm³/mol. The van der Waals surface area contributed by atoms with Crippen molar-refractivity contribution < 1.29 is 5.11 Å². The van der Waals surface area contributed by atoms with Gasteiger partial charge in [0.25, 0.3) is 5.56 Å². The molecule has 0 bridgehead atoms. The van der Waals surface area contributed by atoms with Gasteiger partial charge in [0.1, 0.15) is 10.7 Å². The lowest BCUT2D eigenvalue weighted by Crippen LogP contribution is -2.42. The summed E-state index contributed by atoms with van der Waals surface area (Å²) in [5.41, 5.74) is 1.27. The fourth-order valence-electron chi connectivity index (χ4n) is 4.71. The summed E-state index contributed by atoms with van der Waals surface area (Å²) >= 11 is 1.72. The molecule has 5 nitrogen and oxygen atoms in total. The van der Waals surface area contributed by atoms with Gasteiger partial charge in [-0.2, -0.15) is 0 Å². The zero-order valence-electron chi connectivity index (χ0n) is 15.8. The average Bonchev–Trinajstić information content (AvgIpc) is 2.99. The Morgan fingerprint density at radius 3 is 3.04 bits per heavy atom. The number of nitrogens with zero attached hydrogens (tertiary/aromatic N) is 2. The Balaban J connectivity index is 1.69. The van der Waals surface area contributed by atoms with Gasteiger partial charge in [-0.05, 0) is 63.5 Å². The van der Waals surface area contributed by atoms with Gasteiger partial charge >= 0.3 is 0 Å². The van der Waals surface area contributed by atoms with Crippen LogP contribution in [0, 0.1) is 5.92 Å². The van der Waals surface area contributed by atoms with Gasteiger partial charge in [-0.1, -0.05) is 13.3 Å². The van der Waals surface area contributed by atoms with E-state index < -0.39 is 0 Å². The molecule has 1 aliphatic heterocycles. The van der Waals surface area contributed by atoms with Crippen molar-refractivity contribution in [3.05, 3.63) is 26.6 Å². The van der Waals surface area contributed by atoms with Crippen molar-refractivity contribution in [2.75, 3.05) is 13.2 Å². The molecule has 142 valence electrons. The molecule has 26 heavy (non-hydrogen) atoms. The van der Waals surface area contributed by atoms with E-state index in [0.717, 1.165) is 54.7 Å². The number of likely N-dealkylation sites (tertiary alicyclic amines) is 1. The topological polar surface area (TPSA) is 69.2 Å². The number of aliphatic hydroxyl groups excluding tert-OH is 1. The normalized spacial score (nSPS) is 25.3. The number of aromatic amines is 1. The van der Waals surface area contributed by atoms with Gasteiger partial charge < -0.3 is 10.1 Å². The van der Waals surface area contributed by atoms with Crippen LogP contribution in [0.1, 0.15) is 68.3 Å². The number of H-pyrrole nitrogens is 1. The minimum atomic E-state index is 0.0274. The summed E-state index contributed by atoms with van der Waals surface area (Å²) in [5.74, 6) is 1.47. The highest BCUT2D eigenvalue weighted by Crippen LogP contribution is 2.36. The second-order valence-electron chi connectivity index (χ2n) is 8.06. The number of fused-ring (bicyclic) bond motifs is 3. The van der Waals surface area contributed by atoms with Crippen LogP contribution in [0.2, 0.25) is 0 Å². The Labute approximate surface area is 158 Å². The van der Waals surface area contributed by atoms with Crippen LogP contribution in [-0.2, 0) is 12.8 Å². The second kappa shape index (κ2) is 7.41. The van der Waals surface area contributed by atoms with Crippen molar-refractivity contribution in [1.82, 2.24) is 14.9 Å². The molecular formula is C20H29N3O2S. The molecule has 6 heteroatoms. The fourth-order valence-corrected chi connectivity index (χ4v) is 6.10. The Morgan fingerprint density at radius 2 is 2.23 bits per heavy atom. The van der Waals surface area contributed by atoms with E-state index in [1.807, 2.05) is 0 Å². The van der Waals surface area contributed by atoms with Crippen molar-refractivity contribution in [3.8, 4) is 0 Å². The number of hydrogen-bond acceptors (Lipinski definition) is 5. The Kier molecular flexibility index (Phi) is 5.17. The molecule has 3 atom stereocenters. The summed E-state index contributed by atoms with van der Waals surface area (Å²) in [5, 5.41) is 10.2. The molecule has 0 saturated carbocycles. The maximum Gasteiger partial charge on any atom is 0.259 e. The van der Waals surface area contributed by atoms with Gasteiger partial charge in [0.15, 0.2) is 0 Å². The van der Waals surface area contributed by atoms with Crippen molar-refractivity contribution in [2.45, 2.75) is 70.9 Å². The first-order valence-corrected chi connectivity index (χ1v) is 10.8. The van der Waals surface area contributed by atoms with Crippen LogP contribution in [0.25, 0.3) is 10.2 Å². The van der Waals surface area contributed by atoms with Gasteiger partial charge in [0.05, 0.1) is 11.4 Å². The largest absolute Gasteiger partial charge is 0.396 e. The molecule has 0 spiro atoms. The van der Waals surface area contributed by atoms with E-state index in [2.05, 4.69) is 23.7 Å². The van der Waals surface area contributed by atoms with Gasteiger partial charge in [-0.25, -0.2) is 4.98 Å². The molecule has 0 aromatic carbocycles. The maximum atomic E-state index is 12.9. The zero-order chi connectivity index (χ0) is 18.3. The maximum absolute atomic E-state index is 12.9. The van der Waals surface area contributed by atoms with E-state index in [1.165, 1.54) is 23.3 Å². The summed E-state index contributed by atoms with van der Waals surface area (Å²) in [6, 6.07) is 0.448. The van der Waals surface area contributed by atoms with Crippen molar-refractivity contribution in [3.63, 3.8) is 0 Å². The number of hydrogen-bond donors (Lipinski definition) is 2. The van der Waals surface area contributed by atoms with E-state index in [9.17, 15) is 9.90 Å². The lowest BCUT2D eigenvalue weighted by atomic mass is 9.89. The van der Waals surface area contributed by atoms with Gasteiger partial charge in [0, 0.05) is 17.5 Å². The third-order valence-corrected chi connectivity index (χ3v) is 7.36. The first-order valence-electron chi connectivity index (χ1n) is 9.99. The highest BCUT2D eigenvalue weighted by Gasteiger charge is 2.29. The molecule has 0 radical (unpaired) electrons.